The van der Waals surface area contributed by atoms with E-state index in [0.717, 1.165) is 11.3 Å². The SMILES string of the molecule is COC(=O)C1NC(=O)C1NC(=O)C(N)c1csc(N)n1. The second kappa shape index (κ2) is 5.43. The van der Waals surface area contributed by atoms with E-state index in [1.807, 2.05) is 0 Å². The van der Waals surface area contributed by atoms with Gasteiger partial charge in [0.15, 0.2) is 11.2 Å². The van der Waals surface area contributed by atoms with Crippen molar-refractivity contribution >= 4 is 34.3 Å². The van der Waals surface area contributed by atoms with Crippen LogP contribution in [0.3, 0.4) is 0 Å². The van der Waals surface area contributed by atoms with Gasteiger partial charge in [0.25, 0.3) is 0 Å². The third-order valence-corrected chi connectivity index (χ3v) is 3.50. The first kappa shape index (κ1) is 14.2. The van der Waals surface area contributed by atoms with Crippen LogP contribution in [0.15, 0.2) is 5.38 Å². The Balaban J connectivity index is 2.00. The summed E-state index contributed by atoms with van der Waals surface area (Å²) in [4.78, 5) is 38.5. The first-order valence-electron chi connectivity index (χ1n) is 5.59. The van der Waals surface area contributed by atoms with Crippen molar-refractivity contribution in [3.8, 4) is 0 Å². The molecule has 1 saturated heterocycles. The van der Waals surface area contributed by atoms with Gasteiger partial charge in [-0.1, -0.05) is 0 Å². The second-order valence-electron chi connectivity index (χ2n) is 4.08. The highest BCUT2D eigenvalue weighted by atomic mass is 32.1. The quantitative estimate of drug-likeness (QED) is 0.367. The lowest BCUT2D eigenvalue weighted by molar-refractivity contribution is -0.154. The van der Waals surface area contributed by atoms with Crippen LogP contribution >= 0.6 is 11.3 Å². The van der Waals surface area contributed by atoms with Crippen LogP contribution in [-0.4, -0.2) is 42.0 Å². The van der Waals surface area contributed by atoms with Gasteiger partial charge in [0, 0.05) is 5.38 Å². The Morgan fingerprint density at radius 2 is 2.30 bits per heavy atom. The van der Waals surface area contributed by atoms with Crippen LogP contribution in [0.2, 0.25) is 0 Å². The fourth-order valence-corrected chi connectivity index (χ4v) is 2.27. The summed E-state index contributed by atoms with van der Waals surface area (Å²) in [5.41, 5.74) is 11.5. The fraction of sp³-hybridized carbons (Fsp3) is 0.400. The lowest BCUT2D eigenvalue weighted by Gasteiger charge is -2.35. The number of β-lactam (4-membered cyclic amide) rings is 1. The van der Waals surface area contributed by atoms with Crippen LogP contribution < -0.4 is 22.1 Å². The van der Waals surface area contributed by atoms with E-state index >= 15 is 0 Å². The van der Waals surface area contributed by atoms with E-state index in [1.54, 1.807) is 5.38 Å². The molecule has 3 unspecified atom stereocenters. The zero-order chi connectivity index (χ0) is 14.9. The van der Waals surface area contributed by atoms with Crippen molar-refractivity contribution in [1.29, 1.82) is 0 Å². The topological polar surface area (TPSA) is 149 Å². The zero-order valence-electron chi connectivity index (χ0n) is 10.5. The minimum absolute atomic E-state index is 0.289. The number of nitrogens with zero attached hydrogens (tertiary/aromatic N) is 1. The van der Waals surface area contributed by atoms with E-state index < -0.39 is 35.9 Å². The maximum absolute atomic E-state index is 11.9. The van der Waals surface area contributed by atoms with Crippen molar-refractivity contribution in [3.05, 3.63) is 11.1 Å². The van der Waals surface area contributed by atoms with Gasteiger partial charge in [-0.2, -0.15) is 0 Å². The molecule has 0 spiro atoms. The summed E-state index contributed by atoms with van der Waals surface area (Å²) in [5.74, 6) is -1.73. The minimum Gasteiger partial charge on any atom is -0.467 e. The molecule has 3 atom stereocenters. The summed E-state index contributed by atoms with van der Waals surface area (Å²) in [6, 6.07) is -2.95. The molecular formula is C10H13N5O4S. The van der Waals surface area contributed by atoms with E-state index in [4.69, 9.17) is 11.5 Å². The number of hydrogen-bond acceptors (Lipinski definition) is 8. The van der Waals surface area contributed by atoms with Gasteiger partial charge in [-0.15, -0.1) is 11.3 Å². The molecule has 1 aromatic rings. The number of nitrogens with one attached hydrogen (secondary N) is 2. The second-order valence-corrected chi connectivity index (χ2v) is 4.97. The van der Waals surface area contributed by atoms with Crippen LogP contribution in [0.4, 0.5) is 5.13 Å². The van der Waals surface area contributed by atoms with Gasteiger partial charge in [-0.05, 0) is 0 Å². The lowest BCUT2D eigenvalue weighted by Crippen LogP contribution is -2.72. The number of nitrogens with two attached hydrogens (primary N) is 2. The number of methoxy groups -OCH3 is 1. The summed E-state index contributed by atoms with van der Waals surface area (Å²) in [6.45, 7) is 0. The largest absolute Gasteiger partial charge is 0.467 e. The van der Waals surface area contributed by atoms with Crippen molar-refractivity contribution < 1.29 is 19.1 Å². The van der Waals surface area contributed by atoms with E-state index in [9.17, 15) is 14.4 Å². The molecule has 1 fully saturated rings. The van der Waals surface area contributed by atoms with Gasteiger partial charge in [0.2, 0.25) is 11.8 Å². The minimum atomic E-state index is -1.06. The Morgan fingerprint density at radius 3 is 2.80 bits per heavy atom. The molecule has 0 aliphatic carbocycles. The van der Waals surface area contributed by atoms with E-state index in [2.05, 4.69) is 20.4 Å². The Morgan fingerprint density at radius 1 is 1.60 bits per heavy atom. The van der Waals surface area contributed by atoms with Crippen molar-refractivity contribution in [1.82, 2.24) is 15.6 Å². The molecule has 0 bridgehead atoms. The molecule has 2 rings (SSSR count). The van der Waals surface area contributed by atoms with Crippen LogP contribution in [0, 0.1) is 0 Å². The number of thiazole rings is 1. The number of nitrogen functional groups attached to an aromatic ring is 1. The average Bonchev–Trinajstić information content (AvgIpc) is 2.86. The summed E-state index contributed by atoms with van der Waals surface area (Å²) in [7, 11) is 1.19. The van der Waals surface area contributed by atoms with Crippen LogP contribution in [0.5, 0.6) is 0 Å². The van der Waals surface area contributed by atoms with Crippen molar-refractivity contribution in [3.63, 3.8) is 0 Å². The highest BCUT2D eigenvalue weighted by Crippen LogP contribution is 2.17. The Hall–Kier alpha value is -2.20. The number of carbonyl (C=O) groups excluding carboxylic acids is 3. The molecule has 0 radical (unpaired) electrons. The molecule has 108 valence electrons. The zero-order valence-corrected chi connectivity index (χ0v) is 11.3. The average molecular weight is 299 g/mol. The van der Waals surface area contributed by atoms with Gasteiger partial charge in [0.1, 0.15) is 12.1 Å². The smallest absolute Gasteiger partial charge is 0.331 e. The number of rotatable bonds is 4. The molecule has 2 heterocycles. The van der Waals surface area contributed by atoms with E-state index in [0.29, 0.717) is 5.69 Å². The highest BCUT2D eigenvalue weighted by Gasteiger charge is 2.46. The van der Waals surface area contributed by atoms with Crippen molar-refractivity contribution in [2.45, 2.75) is 18.1 Å². The Kier molecular flexibility index (Phi) is 3.86. The maximum atomic E-state index is 11.9. The summed E-state index contributed by atoms with van der Waals surface area (Å²) < 4.78 is 4.50. The van der Waals surface area contributed by atoms with Gasteiger partial charge < -0.3 is 26.8 Å². The lowest BCUT2D eigenvalue weighted by atomic mass is 9.98. The fourth-order valence-electron chi connectivity index (χ4n) is 1.67. The van der Waals surface area contributed by atoms with E-state index in [-0.39, 0.29) is 5.13 Å². The predicted octanol–water partition coefficient (Wildman–Crippen LogP) is -2.12. The molecule has 10 heteroatoms. The molecule has 20 heavy (non-hydrogen) atoms. The number of anilines is 1. The molecule has 6 N–H and O–H groups in total. The van der Waals surface area contributed by atoms with Crippen LogP contribution in [0.1, 0.15) is 11.7 Å². The summed E-state index contributed by atoms with van der Waals surface area (Å²) >= 11 is 1.15. The van der Waals surface area contributed by atoms with Crippen LogP contribution in [0.25, 0.3) is 0 Å². The van der Waals surface area contributed by atoms with Gasteiger partial charge in [-0.25, -0.2) is 9.78 Å². The first-order chi connectivity index (χ1) is 9.43. The molecule has 2 amide bonds. The normalized spacial score (nSPS) is 22.4. The van der Waals surface area contributed by atoms with Gasteiger partial charge in [-0.3, -0.25) is 9.59 Å². The van der Waals surface area contributed by atoms with Crippen molar-refractivity contribution in [2.24, 2.45) is 5.73 Å². The molecule has 1 aliphatic rings. The summed E-state index contributed by atoms with van der Waals surface area (Å²) in [6.07, 6.45) is 0. The third-order valence-electron chi connectivity index (χ3n) is 2.81. The predicted molar refractivity (Wildman–Crippen MR) is 69.3 cm³/mol. The highest BCUT2D eigenvalue weighted by molar-refractivity contribution is 7.13. The number of carbonyl (C=O) groups is 3. The Labute approximate surface area is 117 Å². The number of ether oxygens (including phenoxy) is 1. The van der Waals surface area contributed by atoms with Crippen molar-refractivity contribution in [2.75, 3.05) is 12.8 Å². The van der Waals surface area contributed by atoms with Crippen LogP contribution in [-0.2, 0) is 19.1 Å². The molecule has 1 aromatic heterocycles. The number of hydrogen-bond donors (Lipinski definition) is 4. The standard InChI is InChI=1S/C10H13N5O4S/c1-19-9(18)6-5(8(17)15-6)14-7(16)4(11)3-2-20-10(12)13-3/h2,4-6H,11H2,1H3,(H2,12,13)(H,14,16)(H,15,17). The Bertz CT molecular complexity index is 560. The van der Waals surface area contributed by atoms with Gasteiger partial charge >= 0.3 is 5.97 Å². The molecule has 1 aliphatic heterocycles. The summed E-state index contributed by atoms with van der Waals surface area (Å²) in [5, 5.41) is 6.56. The van der Waals surface area contributed by atoms with E-state index in [1.165, 1.54) is 7.11 Å². The maximum Gasteiger partial charge on any atom is 0.331 e. The molecule has 9 nitrogen and oxygen atoms in total. The third kappa shape index (κ3) is 2.56. The van der Waals surface area contributed by atoms with Gasteiger partial charge in [0.05, 0.1) is 12.8 Å². The number of aromatic nitrogens is 1. The number of esters is 1. The molecular weight excluding hydrogens is 286 g/mol. The molecule has 0 aromatic carbocycles. The monoisotopic (exact) mass is 299 g/mol. The molecule has 0 saturated carbocycles. The number of amides is 2. The first-order valence-corrected chi connectivity index (χ1v) is 6.47.